The van der Waals surface area contributed by atoms with Gasteiger partial charge in [-0.15, -0.1) is 0 Å². The Morgan fingerprint density at radius 3 is 2.33 bits per heavy atom. The molecule has 2 aromatic carbocycles. The zero-order valence-corrected chi connectivity index (χ0v) is 14.5. The first-order valence-electron chi connectivity index (χ1n) is 7.83. The van der Waals surface area contributed by atoms with Crippen LogP contribution in [0.25, 0.3) is 0 Å². The second-order valence-electron chi connectivity index (χ2n) is 5.62. The molecule has 0 aromatic heterocycles. The molecule has 3 rings (SSSR count). The fraction of sp³-hybridized carbons (Fsp3) is 0.200. The number of esters is 1. The number of benzene rings is 2. The summed E-state index contributed by atoms with van der Waals surface area (Å²) in [6.45, 7) is 1.99. The molecular weight excluding hydrogens is 318 g/mol. The van der Waals surface area contributed by atoms with Gasteiger partial charge in [0.2, 0.25) is 0 Å². The van der Waals surface area contributed by atoms with E-state index in [1.165, 1.54) is 12.7 Å². The van der Waals surface area contributed by atoms with Crippen molar-refractivity contribution in [1.29, 1.82) is 0 Å². The number of ether oxygens (including phenoxy) is 1. The van der Waals surface area contributed by atoms with Crippen LogP contribution in [0.2, 0.25) is 0 Å². The number of carbonyl (C=O) groups is 1. The standard InChI is InChI=1S/C20H19NO2S/c1-14-13-17(15-9-5-3-6-10-15)24-19(18(14)20(22)23-2)21-16-11-7-4-8-12-16/h3-12,17H,13H2,1-2H3. The van der Waals surface area contributed by atoms with Gasteiger partial charge in [0.05, 0.1) is 18.4 Å². The topological polar surface area (TPSA) is 38.7 Å². The molecule has 0 N–H and O–H groups in total. The molecule has 24 heavy (non-hydrogen) atoms. The fourth-order valence-electron chi connectivity index (χ4n) is 2.72. The Bertz CT molecular complexity index is 782. The van der Waals surface area contributed by atoms with Gasteiger partial charge in [0.15, 0.2) is 0 Å². The van der Waals surface area contributed by atoms with Crippen molar-refractivity contribution in [2.45, 2.75) is 18.6 Å². The first-order valence-corrected chi connectivity index (χ1v) is 8.71. The number of carbonyl (C=O) groups excluding carboxylic acids is 1. The number of para-hydroxylation sites is 1. The van der Waals surface area contributed by atoms with Gasteiger partial charge < -0.3 is 4.74 Å². The van der Waals surface area contributed by atoms with Crippen molar-refractivity contribution in [1.82, 2.24) is 0 Å². The maximum Gasteiger partial charge on any atom is 0.340 e. The van der Waals surface area contributed by atoms with E-state index < -0.39 is 0 Å². The van der Waals surface area contributed by atoms with Crippen molar-refractivity contribution in [3.05, 3.63) is 77.4 Å². The largest absolute Gasteiger partial charge is 0.465 e. The molecule has 0 spiro atoms. The maximum absolute atomic E-state index is 12.2. The number of allylic oxidation sites excluding steroid dienone is 1. The third-order valence-corrected chi connectivity index (χ3v) is 5.18. The molecule has 0 saturated carbocycles. The van der Waals surface area contributed by atoms with Gasteiger partial charge in [-0.1, -0.05) is 65.9 Å². The lowest BCUT2D eigenvalue weighted by molar-refractivity contribution is -0.135. The molecule has 0 fully saturated rings. The molecule has 0 amide bonds. The highest BCUT2D eigenvalue weighted by molar-refractivity contribution is 8.14. The first-order chi connectivity index (χ1) is 11.7. The summed E-state index contributed by atoms with van der Waals surface area (Å²) in [5.74, 6) is -0.318. The molecule has 0 bridgehead atoms. The zero-order valence-electron chi connectivity index (χ0n) is 13.7. The summed E-state index contributed by atoms with van der Waals surface area (Å²) in [6.07, 6.45) is 0.812. The quantitative estimate of drug-likeness (QED) is 0.733. The van der Waals surface area contributed by atoms with E-state index in [0.29, 0.717) is 5.57 Å². The number of hydrogen-bond donors (Lipinski definition) is 0. The van der Waals surface area contributed by atoms with E-state index in [4.69, 9.17) is 9.73 Å². The van der Waals surface area contributed by atoms with Crippen molar-refractivity contribution >= 4 is 28.5 Å². The lowest BCUT2D eigenvalue weighted by Gasteiger charge is -2.26. The van der Waals surface area contributed by atoms with E-state index in [0.717, 1.165) is 22.7 Å². The number of hydrogen-bond acceptors (Lipinski definition) is 4. The van der Waals surface area contributed by atoms with E-state index in [9.17, 15) is 4.79 Å². The first kappa shape index (κ1) is 16.5. The summed E-state index contributed by atoms with van der Waals surface area (Å²) in [5, 5.41) is 0.979. The average molecular weight is 337 g/mol. The Kier molecular flexibility index (Phi) is 5.16. The number of thioether (sulfide) groups is 1. The van der Waals surface area contributed by atoms with Crippen LogP contribution in [-0.4, -0.2) is 18.1 Å². The van der Waals surface area contributed by atoms with Crippen molar-refractivity contribution < 1.29 is 9.53 Å². The summed E-state index contributed by atoms with van der Waals surface area (Å²) < 4.78 is 4.98. The minimum absolute atomic E-state index is 0.252. The van der Waals surface area contributed by atoms with Gasteiger partial charge in [-0.3, -0.25) is 0 Å². The highest BCUT2D eigenvalue weighted by Crippen LogP contribution is 2.43. The summed E-state index contributed by atoms with van der Waals surface area (Å²) in [7, 11) is 1.41. The van der Waals surface area contributed by atoms with Gasteiger partial charge in [0.25, 0.3) is 0 Å². The third-order valence-electron chi connectivity index (χ3n) is 3.93. The predicted molar refractivity (Wildman–Crippen MR) is 99.6 cm³/mol. The van der Waals surface area contributed by atoms with Crippen LogP contribution in [0.4, 0.5) is 5.69 Å². The molecule has 1 atom stereocenters. The van der Waals surface area contributed by atoms with Crippen LogP contribution in [0.5, 0.6) is 0 Å². The van der Waals surface area contributed by atoms with Crippen molar-refractivity contribution in [2.75, 3.05) is 7.11 Å². The molecule has 0 saturated heterocycles. The smallest absolute Gasteiger partial charge is 0.340 e. The third kappa shape index (κ3) is 3.60. The van der Waals surface area contributed by atoms with E-state index >= 15 is 0 Å². The molecule has 1 aliphatic heterocycles. The van der Waals surface area contributed by atoms with Crippen LogP contribution in [-0.2, 0) is 9.53 Å². The SMILES string of the molecule is COC(=O)C1=C(C)CC(c2ccccc2)SC1=Nc1ccccc1. The van der Waals surface area contributed by atoms with Gasteiger partial charge >= 0.3 is 5.97 Å². The van der Waals surface area contributed by atoms with Gasteiger partial charge in [0.1, 0.15) is 5.04 Å². The molecule has 1 heterocycles. The van der Waals surface area contributed by atoms with Gasteiger partial charge in [-0.05, 0) is 31.0 Å². The van der Waals surface area contributed by atoms with Crippen LogP contribution >= 0.6 is 11.8 Å². The Morgan fingerprint density at radius 2 is 1.71 bits per heavy atom. The summed E-state index contributed by atoms with van der Waals surface area (Å²) in [4.78, 5) is 17.0. The molecule has 3 nitrogen and oxygen atoms in total. The van der Waals surface area contributed by atoms with Gasteiger partial charge in [0, 0.05) is 5.25 Å². The number of aliphatic imine (C=N–C) groups is 1. The monoisotopic (exact) mass is 337 g/mol. The molecule has 1 unspecified atom stereocenters. The number of methoxy groups -OCH3 is 1. The molecule has 0 radical (unpaired) electrons. The lowest BCUT2D eigenvalue weighted by atomic mass is 10.00. The van der Waals surface area contributed by atoms with E-state index in [1.54, 1.807) is 11.8 Å². The highest BCUT2D eigenvalue weighted by atomic mass is 32.2. The summed E-state index contributed by atoms with van der Waals surface area (Å²) in [6, 6.07) is 20.0. The normalized spacial score (nSPS) is 19.4. The molecular formula is C20H19NO2S. The maximum atomic E-state index is 12.2. The van der Waals surface area contributed by atoms with Crippen LogP contribution < -0.4 is 0 Å². The Labute approximate surface area is 146 Å². The fourth-order valence-corrected chi connectivity index (χ4v) is 4.15. The van der Waals surface area contributed by atoms with E-state index in [2.05, 4.69) is 12.1 Å². The van der Waals surface area contributed by atoms with Crippen LogP contribution in [0, 0.1) is 0 Å². The summed E-state index contributed by atoms with van der Waals surface area (Å²) in [5.41, 5.74) is 3.69. The Hall–Kier alpha value is -2.33. The number of rotatable bonds is 3. The van der Waals surface area contributed by atoms with Gasteiger partial charge in [-0.2, -0.15) is 0 Å². The van der Waals surface area contributed by atoms with Crippen molar-refractivity contribution in [2.24, 2.45) is 4.99 Å². The van der Waals surface area contributed by atoms with Crippen LogP contribution in [0.1, 0.15) is 24.2 Å². The lowest BCUT2D eigenvalue weighted by Crippen LogP contribution is -2.20. The highest BCUT2D eigenvalue weighted by Gasteiger charge is 2.30. The molecule has 2 aromatic rings. The number of nitrogens with zero attached hydrogens (tertiary/aromatic N) is 1. The van der Waals surface area contributed by atoms with E-state index in [1.807, 2.05) is 55.5 Å². The second kappa shape index (κ2) is 7.49. The second-order valence-corrected chi connectivity index (χ2v) is 6.81. The van der Waals surface area contributed by atoms with Crippen molar-refractivity contribution in [3.8, 4) is 0 Å². The average Bonchev–Trinajstić information content (AvgIpc) is 2.62. The molecule has 122 valence electrons. The molecule has 0 aliphatic carbocycles. The molecule has 1 aliphatic rings. The minimum Gasteiger partial charge on any atom is -0.465 e. The van der Waals surface area contributed by atoms with E-state index in [-0.39, 0.29) is 11.2 Å². The summed E-state index contributed by atoms with van der Waals surface area (Å²) >= 11 is 1.63. The Morgan fingerprint density at radius 1 is 1.08 bits per heavy atom. The molecule has 4 heteroatoms. The van der Waals surface area contributed by atoms with Crippen LogP contribution in [0.3, 0.4) is 0 Å². The van der Waals surface area contributed by atoms with Crippen LogP contribution in [0.15, 0.2) is 76.8 Å². The van der Waals surface area contributed by atoms with Crippen molar-refractivity contribution in [3.63, 3.8) is 0 Å². The minimum atomic E-state index is -0.318. The Balaban J connectivity index is 2.03. The van der Waals surface area contributed by atoms with Gasteiger partial charge in [-0.25, -0.2) is 9.79 Å². The zero-order chi connectivity index (χ0) is 16.9. The predicted octanol–water partition coefficient (Wildman–Crippen LogP) is 5.08.